The van der Waals surface area contributed by atoms with Gasteiger partial charge in [0.05, 0.1) is 13.0 Å². The zero-order valence-electron chi connectivity index (χ0n) is 12.9. The lowest BCUT2D eigenvalue weighted by Crippen LogP contribution is -2.32. The molecule has 0 unspecified atom stereocenters. The van der Waals surface area contributed by atoms with Crippen LogP contribution in [-0.4, -0.2) is 26.7 Å². The smallest absolute Gasteiger partial charge is 0.229 e. The minimum Gasteiger partial charge on any atom is -0.327 e. The number of benzene rings is 1. The summed E-state index contributed by atoms with van der Waals surface area (Å²) in [6.07, 6.45) is 9.37. The molecule has 23 heavy (non-hydrogen) atoms. The quantitative estimate of drug-likeness (QED) is 0.677. The average molecular weight is 323 g/mol. The maximum Gasteiger partial charge on any atom is 0.229 e. The standard InChI is InChI=1S/C18H17N3OS/c1-3-9-20(12-15-6-4-14(2)5-7-15)17(22)11-16-13-23-18-19-8-10-21(16)18/h1,4-8,10,13H,9,11-12H2,2H3. The maximum absolute atomic E-state index is 12.6. The molecule has 0 aliphatic heterocycles. The number of amides is 1. The third kappa shape index (κ3) is 3.43. The Labute approximate surface area is 139 Å². The van der Waals surface area contributed by atoms with E-state index >= 15 is 0 Å². The number of aromatic nitrogens is 2. The van der Waals surface area contributed by atoms with Gasteiger partial charge in [-0.15, -0.1) is 17.8 Å². The molecule has 2 heterocycles. The van der Waals surface area contributed by atoms with Crippen LogP contribution < -0.4 is 0 Å². The van der Waals surface area contributed by atoms with Crippen LogP contribution in [-0.2, 0) is 17.8 Å². The Bertz CT molecular complexity index is 854. The van der Waals surface area contributed by atoms with Crippen molar-refractivity contribution >= 4 is 22.2 Å². The SMILES string of the molecule is C#CCN(Cc1ccc(C)cc1)C(=O)Cc1csc2nccn12. The topological polar surface area (TPSA) is 37.6 Å². The van der Waals surface area contributed by atoms with Gasteiger partial charge in [-0.2, -0.15) is 0 Å². The van der Waals surface area contributed by atoms with E-state index in [-0.39, 0.29) is 5.91 Å². The first kappa shape index (κ1) is 15.3. The van der Waals surface area contributed by atoms with Crippen molar-refractivity contribution in [1.29, 1.82) is 0 Å². The summed E-state index contributed by atoms with van der Waals surface area (Å²) in [4.78, 5) is 19.5. The molecule has 0 aliphatic carbocycles. The number of rotatable bonds is 5. The zero-order chi connectivity index (χ0) is 16.2. The maximum atomic E-state index is 12.6. The van der Waals surface area contributed by atoms with E-state index in [9.17, 15) is 4.79 Å². The predicted octanol–water partition coefficient (Wildman–Crippen LogP) is 2.91. The highest BCUT2D eigenvalue weighted by Crippen LogP contribution is 2.16. The molecule has 0 aliphatic rings. The normalized spacial score (nSPS) is 10.6. The Kier molecular flexibility index (Phi) is 4.45. The number of hydrogen-bond donors (Lipinski definition) is 0. The summed E-state index contributed by atoms with van der Waals surface area (Å²) in [5.41, 5.74) is 3.22. The van der Waals surface area contributed by atoms with Gasteiger partial charge in [-0.25, -0.2) is 4.98 Å². The van der Waals surface area contributed by atoms with Crippen LogP contribution in [0.5, 0.6) is 0 Å². The highest BCUT2D eigenvalue weighted by atomic mass is 32.1. The lowest BCUT2D eigenvalue weighted by Gasteiger charge is -2.20. The fourth-order valence-electron chi connectivity index (χ4n) is 2.42. The van der Waals surface area contributed by atoms with Crippen molar-refractivity contribution < 1.29 is 4.79 Å². The van der Waals surface area contributed by atoms with Crippen LogP contribution in [0.25, 0.3) is 4.96 Å². The van der Waals surface area contributed by atoms with Crippen molar-refractivity contribution in [2.24, 2.45) is 0 Å². The lowest BCUT2D eigenvalue weighted by atomic mass is 10.1. The number of imidazole rings is 1. The highest BCUT2D eigenvalue weighted by molar-refractivity contribution is 7.15. The molecule has 1 amide bonds. The minimum absolute atomic E-state index is 0.0249. The van der Waals surface area contributed by atoms with Crippen LogP contribution in [0.4, 0.5) is 0 Å². The highest BCUT2D eigenvalue weighted by Gasteiger charge is 2.16. The summed E-state index contributed by atoms with van der Waals surface area (Å²) in [6.45, 7) is 2.88. The van der Waals surface area contributed by atoms with Gasteiger partial charge in [-0.05, 0) is 12.5 Å². The molecular formula is C18H17N3OS. The number of thiazole rings is 1. The van der Waals surface area contributed by atoms with Crippen molar-refractivity contribution in [2.45, 2.75) is 19.9 Å². The fraction of sp³-hybridized carbons (Fsp3) is 0.222. The van der Waals surface area contributed by atoms with Gasteiger partial charge in [0.2, 0.25) is 5.91 Å². The zero-order valence-corrected chi connectivity index (χ0v) is 13.7. The number of aryl methyl sites for hydroxylation is 1. The Hall–Kier alpha value is -2.58. The van der Waals surface area contributed by atoms with Gasteiger partial charge in [0, 0.05) is 30.0 Å². The van der Waals surface area contributed by atoms with Gasteiger partial charge >= 0.3 is 0 Å². The molecule has 0 N–H and O–H groups in total. The van der Waals surface area contributed by atoms with Gasteiger partial charge in [0.1, 0.15) is 0 Å². The molecule has 3 rings (SSSR count). The summed E-state index contributed by atoms with van der Waals surface area (Å²) in [5, 5.41) is 1.97. The van der Waals surface area contributed by atoms with Crippen molar-refractivity contribution in [3.63, 3.8) is 0 Å². The first-order chi connectivity index (χ1) is 11.2. The second-order valence-corrected chi connectivity index (χ2v) is 6.26. The Morgan fingerprint density at radius 1 is 1.39 bits per heavy atom. The third-order valence-corrected chi connectivity index (χ3v) is 4.58. The lowest BCUT2D eigenvalue weighted by molar-refractivity contribution is -0.130. The second-order valence-electron chi connectivity index (χ2n) is 5.42. The van der Waals surface area contributed by atoms with Crippen LogP contribution >= 0.6 is 11.3 Å². The van der Waals surface area contributed by atoms with Gasteiger partial charge < -0.3 is 4.90 Å². The van der Waals surface area contributed by atoms with Crippen LogP contribution in [0.15, 0.2) is 42.0 Å². The van der Waals surface area contributed by atoms with Crippen LogP contribution in [0.1, 0.15) is 16.8 Å². The Balaban J connectivity index is 1.75. The number of carbonyl (C=O) groups excluding carboxylic acids is 1. The van der Waals surface area contributed by atoms with E-state index in [2.05, 4.69) is 10.9 Å². The van der Waals surface area contributed by atoms with Crippen molar-refractivity contribution in [3.05, 3.63) is 58.9 Å². The number of nitrogens with zero attached hydrogens (tertiary/aromatic N) is 3. The number of hydrogen-bond acceptors (Lipinski definition) is 3. The molecule has 0 bridgehead atoms. The van der Waals surface area contributed by atoms with Gasteiger partial charge in [0.25, 0.3) is 0 Å². The van der Waals surface area contributed by atoms with Crippen LogP contribution in [0.2, 0.25) is 0 Å². The van der Waals surface area contributed by atoms with E-state index in [4.69, 9.17) is 6.42 Å². The summed E-state index contributed by atoms with van der Waals surface area (Å²) in [6, 6.07) is 8.15. The monoisotopic (exact) mass is 323 g/mol. The van der Waals surface area contributed by atoms with Crippen LogP contribution in [0, 0.1) is 19.3 Å². The van der Waals surface area contributed by atoms with Crippen molar-refractivity contribution in [3.8, 4) is 12.3 Å². The largest absolute Gasteiger partial charge is 0.327 e. The van der Waals surface area contributed by atoms with Crippen molar-refractivity contribution in [1.82, 2.24) is 14.3 Å². The summed E-state index contributed by atoms with van der Waals surface area (Å²) >= 11 is 1.53. The number of terminal acetylenes is 1. The number of carbonyl (C=O) groups is 1. The molecule has 0 saturated carbocycles. The first-order valence-electron chi connectivity index (χ1n) is 7.33. The van der Waals surface area contributed by atoms with E-state index < -0.39 is 0 Å². The Morgan fingerprint density at radius 2 is 2.17 bits per heavy atom. The molecule has 1 aromatic carbocycles. The fourth-order valence-corrected chi connectivity index (χ4v) is 3.27. The third-order valence-electron chi connectivity index (χ3n) is 3.68. The summed E-state index contributed by atoms with van der Waals surface area (Å²) in [7, 11) is 0. The minimum atomic E-state index is 0.0249. The van der Waals surface area contributed by atoms with E-state index in [0.29, 0.717) is 19.5 Å². The van der Waals surface area contributed by atoms with Crippen LogP contribution in [0.3, 0.4) is 0 Å². The first-order valence-corrected chi connectivity index (χ1v) is 8.21. The Morgan fingerprint density at radius 3 is 2.91 bits per heavy atom. The van der Waals surface area contributed by atoms with E-state index in [1.165, 1.54) is 16.9 Å². The van der Waals surface area contributed by atoms with E-state index in [0.717, 1.165) is 16.2 Å². The molecule has 3 aromatic rings. The number of fused-ring (bicyclic) bond motifs is 1. The average Bonchev–Trinajstić information content (AvgIpc) is 3.14. The van der Waals surface area contributed by atoms with E-state index in [1.807, 2.05) is 47.2 Å². The van der Waals surface area contributed by atoms with Gasteiger partial charge in [-0.3, -0.25) is 9.20 Å². The molecule has 0 saturated heterocycles. The molecule has 0 spiro atoms. The second kappa shape index (κ2) is 6.67. The molecule has 0 atom stereocenters. The van der Waals surface area contributed by atoms with Gasteiger partial charge in [0.15, 0.2) is 4.96 Å². The van der Waals surface area contributed by atoms with Crippen molar-refractivity contribution in [2.75, 3.05) is 6.54 Å². The molecule has 2 aromatic heterocycles. The summed E-state index contributed by atoms with van der Waals surface area (Å²) < 4.78 is 1.95. The molecule has 0 fully saturated rings. The molecule has 0 radical (unpaired) electrons. The summed E-state index contributed by atoms with van der Waals surface area (Å²) in [5.74, 6) is 2.61. The molecule has 5 heteroatoms. The predicted molar refractivity (Wildman–Crippen MR) is 92.2 cm³/mol. The molecular weight excluding hydrogens is 306 g/mol. The van der Waals surface area contributed by atoms with E-state index in [1.54, 1.807) is 11.1 Å². The molecule has 4 nitrogen and oxygen atoms in total. The molecule has 116 valence electrons. The van der Waals surface area contributed by atoms with Gasteiger partial charge in [-0.1, -0.05) is 35.7 Å².